The number of sulfonamides is 1. The first-order valence-electron chi connectivity index (χ1n) is 8.40. The normalized spacial score (nSPS) is 16.5. The summed E-state index contributed by atoms with van der Waals surface area (Å²) in [6.07, 6.45) is 5.57. The van der Waals surface area contributed by atoms with Gasteiger partial charge in [-0.25, -0.2) is 13.1 Å². The maximum atomic E-state index is 12.7. The molecule has 3 rings (SSSR count). The Bertz CT molecular complexity index is 874. The van der Waals surface area contributed by atoms with Gasteiger partial charge in [0, 0.05) is 11.3 Å². The van der Waals surface area contributed by atoms with Gasteiger partial charge in [-0.1, -0.05) is 24.6 Å². The van der Waals surface area contributed by atoms with Crippen LogP contribution in [-0.4, -0.2) is 45.9 Å². The number of hydrogen-bond acceptors (Lipinski definition) is 7. The van der Waals surface area contributed by atoms with Crippen LogP contribution in [0.5, 0.6) is 0 Å². The predicted octanol–water partition coefficient (Wildman–Crippen LogP) is 2.52. The van der Waals surface area contributed by atoms with Crippen LogP contribution < -0.4 is 4.72 Å². The molecule has 2 aromatic rings. The van der Waals surface area contributed by atoms with Gasteiger partial charge in [-0.05, 0) is 54.5 Å². The second-order valence-corrected chi connectivity index (χ2v) is 9.48. The fourth-order valence-corrected chi connectivity index (χ4v) is 4.50. The highest BCUT2D eigenvalue weighted by Gasteiger charge is 2.25. The van der Waals surface area contributed by atoms with Crippen LogP contribution in [0.3, 0.4) is 0 Å². The third kappa shape index (κ3) is 4.61. The van der Waals surface area contributed by atoms with Crippen molar-refractivity contribution in [3.8, 4) is 0 Å². The summed E-state index contributed by atoms with van der Waals surface area (Å²) in [6.45, 7) is 1.82. The standard InChI is InChI=1S/C16H21N5O3S2/c1-11(25-16-17-19-20-21(16)14-5-3-4-6-14)15(22)12-7-9-13(10-8-12)18-26(2,23)24/h7-11,14,18H,3-6H2,1-2H3/t11-/m0/s1. The second-order valence-electron chi connectivity index (χ2n) is 6.42. The van der Waals surface area contributed by atoms with Crippen LogP contribution >= 0.6 is 11.8 Å². The molecule has 10 heteroatoms. The molecule has 0 aliphatic heterocycles. The van der Waals surface area contributed by atoms with Gasteiger partial charge in [-0.15, -0.1) is 5.10 Å². The Morgan fingerprint density at radius 3 is 2.54 bits per heavy atom. The molecule has 1 atom stereocenters. The summed E-state index contributed by atoms with van der Waals surface area (Å²) in [6, 6.07) is 6.71. The number of Topliss-reactive ketones (excluding diaryl/α,β-unsaturated/α-hetero) is 1. The van der Waals surface area contributed by atoms with Crippen molar-refractivity contribution < 1.29 is 13.2 Å². The van der Waals surface area contributed by atoms with Crippen LogP contribution in [-0.2, 0) is 10.0 Å². The first-order valence-corrected chi connectivity index (χ1v) is 11.2. The first-order chi connectivity index (χ1) is 12.3. The van der Waals surface area contributed by atoms with E-state index >= 15 is 0 Å². The molecular formula is C16H21N5O3S2. The minimum absolute atomic E-state index is 0.0538. The van der Waals surface area contributed by atoms with Crippen molar-refractivity contribution in [3.05, 3.63) is 29.8 Å². The van der Waals surface area contributed by atoms with Gasteiger partial charge in [0.25, 0.3) is 0 Å². The smallest absolute Gasteiger partial charge is 0.229 e. The Morgan fingerprint density at radius 2 is 1.92 bits per heavy atom. The largest absolute Gasteiger partial charge is 0.293 e. The van der Waals surface area contributed by atoms with Crippen LogP contribution in [0.15, 0.2) is 29.4 Å². The molecule has 1 fully saturated rings. The fraction of sp³-hybridized carbons (Fsp3) is 0.500. The number of nitrogens with zero attached hydrogens (tertiary/aromatic N) is 4. The molecule has 0 bridgehead atoms. The molecule has 1 aliphatic rings. The summed E-state index contributed by atoms with van der Waals surface area (Å²) in [5, 5.41) is 12.2. The summed E-state index contributed by atoms with van der Waals surface area (Å²) >= 11 is 1.35. The molecule has 1 aromatic heterocycles. The molecule has 0 unspecified atom stereocenters. The number of ketones is 1. The van der Waals surface area contributed by atoms with E-state index in [-0.39, 0.29) is 11.0 Å². The molecule has 1 aliphatic carbocycles. The summed E-state index contributed by atoms with van der Waals surface area (Å²) in [7, 11) is -3.34. The highest BCUT2D eigenvalue weighted by molar-refractivity contribution is 8.00. The Kier molecular flexibility index (Phi) is 5.61. The number of anilines is 1. The Balaban J connectivity index is 1.67. The average Bonchev–Trinajstić information content (AvgIpc) is 3.24. The molecule has 1 aromatic carbocycles. The summed E-state index contributed by atoms with van der Waals surface area (Å²) in [5.41, 5.74) is 0.943. The molecule has 1 saturated carbocycles. The number of thioether (sulfide) groups is 1. The van der Waals surface area contributed by atoms with E-state index in [0.29, 0.717) is 22.4 Å². The molecule has 0 spiro atoms. The second kappa shape index (κ2) is 7.75. The fourth-order valence-electron chi connectivity index (χ4n) is 3.00. The van der Waals surface area contributed by atoms with E-state index in [0.717, 1.165) is 19.1 Å². The van der Waals surface area contributed by atoms with Crippen LogP contribution in [0.4, 0.5) is 5.69 Å². The van der Waals surface area contributed by atoms with Crippen molar-refractivity contribution in [2.24, 2.45) is 0 Å². The maximum absolute atomic E-state index is 12.7. The highest BCUT2D eigenvalue weighted by Crippen LogP contribution is 2.33. The van der Waals surface area contributed by atoms with Gasteiger partial charge in [0.15, 0.2) is 5.78 Å². The summed E-state index contributed by atoms with van der Waals surface area (Å²) < 4.78 is 26.7. The van der Waals surface area contributed by atoms with Gasteiger partial charge in [-0.2, -0.15) is 0 Å². The minimum Gasteiger partial charge on any atom is -0.293 e. The van der Waals surface area contributed by atoms with Gasteiger partial charge >= 0.3 is 0 Å². The topological polar surface area (TPSA) is 107 Å². The number of benzene rings is 1. The summed E-state index contributed by atoms with van der Waals surface area (Å²) in [4.78, 5) is 12.7. The van der Waals surface area contributed by atoms with Crippen LogP contribution in [0.1, 0.15) is 49.0 Å². The van der Waals surface area contributed by atoms with Gasteiger partial charge in [0.2, 0.25) is 15.2 Å². The van der Waals surface area contributed by atoms with Crippen LogP contribution in [0, 0.1) is 0 Å². The molecule has 140 valence electrons. The number of aromatic nitrogens is 4. The van der Waals surface area contributed by atoms with Crippen molar-refractivity contribution in [3.63, 3.8) is 0 Å². The van der Waals surface area contributed by atoms with Gasteiger partial charge in [0.05, 0.1) is 17.5 Å². The van der Waals surface area contributed by atoms with Gasteiger partial charge < -0.3 is 0 Å². The molecule has 8 nitrogen and oxygen atoms in total. The van der Waals surface area contributed by atoms with Crippen molar-refractivity contribution >= 4 is 33.3 Å². The van der Waals surface area contributed by atoms with E-state index < -0.39 is 10.0 Å². The maximum Gasteiger partial charge on any atom is 0.229 e. The van der Waals surface area contributed by atoms with Crippen LogP contribution in [0.2, 0.25) is 0 Å². The third-order valence-corrected chi connectivity index (χ3v) is 5.91. The number of rotatable bonds is 7. The van der Waals surface area contributed by atoms with Crippen molar-refractivity contribution in [2.45, 2.75) is 49.1 Å². The average molecular weight is 396 g/mol. The quantitative estimate of drug-likeness (QED) is 0.567. The lowest BCUT2D eigenvalue weighted by Crippen LogP contribution is -2.16. The van der Waals surface area contributed by atoms with Crippen LogP contribution in [0.25, 0.3) is 0 Å². The van der Waals surface area contributed by atoms with E-state index in [2.05, 4.69) is 20.2 Å². The Morgan fingerprint density at radius 1 is 1.27 bits per heavy atom. The zero-order valence-electron chi connectivity index (χ0n) is 14.6. The zero-order valence-corrected chi connectivity index (χ0v) is 16.3. The Hall–Kier alpha value is -1.94. The zero-order chi connectivity index (χ0) is 18.7. The monoisotopic (exact) mass is 395 g/mol. The number of tetrazole rings is 1. The molecule has 0 radical (unpaired) electrons. The van der Waals surface area contributed by atoms with E-state index in [1.54, 1.807) is 24.3 Å². The van der Waals surface area contributed by atoms with Crippen molar-refractivity contribution in [2.75, 3.05) is 11.0 Å². The molecule has 26 heavy (non-hydrogen) atoms. The number of carbonyl (C=O) groups is 1. The van der Waals surface area contributed by atoms with Crippen molar-refractivity contribution in [1.82, 2.24) is 20.2 Å². The lowest BCUT2D eigenvalue weighted by Gasteiger charge is -2.14. The molecule has 0 amide bonds. The lowest BCUT2D eigenvalue weighted by atomic mass is 10.1. The highest BCUT2D eigenvalue weighted by atomic mass is 32.2. The van der Waals surface area contributed by atoms with Gasteiger partial charge in [0.1, 0.15) is 0 Å². The number of nitrogens with one attached hydrogen (secondary N) is 1. The molecule has 1 heterocycles. The number of hydrogen-bond donors (Lipinski definition) is 1. The van der Waals surface area contributed by atoms with Crippen molar-refractivity contribution in [1.29, 1.82) is 0 Å². The molecular weight excluding hydrogens is 374 g/mol. The molecule has 0 saturated heterocycles. The Labute approximate surface area is 156 Å². The van der Waals surface area contributed by atoms with E-state index in [4.69, 9.17) is 0 Å². The van der Waals surface area contributed by atoms with E-state index in [9.17, 15) is 13.2 Å². The van der Waals surface area contributed by atoms with Gasteiger partial charge in [-0.3, -0.25) is 9.52 Å². The van der Waals surface area contributed by atoms with E-state index in [1.807, 2.05) is 11.6 Å². The number of carbonyl (C=O) groups excluding carboxylic acids is 1. The molecule has 1 N–H and O–H groups in total. The predicted molar refractivity (Wildman–Crippen MR) is 99.9 cm³/mol. The lowest BCUT2D eigenvalue weighted by molar-refractivity contribution is 0.0994. The SMILES string of the molecule is C[C@H](Sc1nnnn1C1CCCC1)C(=O)c1ccc(NS(C)(=O)=O)cc1. The first kappa shape index (κ1) is 18.8. The minimum atomic E-state index is -3.34. The third-order valence-electron chi connectivity index (χ3n) is 4.26. The van der Waals surface area contributed by atoms with E-state index in [1.165, 1.54) is 24.6 Å². The summed E-state index contributed by atoms with van der Waals surface area (Å²) in [5.74, 6) is -0.0538.